The van der Waals surface area contributed by atoms with E-state index in [0.29, 0.717) is 25.5 Å². The predicted octanol–water partition coefficient (Wildman–Crippen LogP) is 11.8. The summed E-state index contributed by atoms with van der Waals surface area (Å²) in [6.45, 7) is 24.1. The van der Waals surface area contributed by atoms with Crippen molar-refractivity contribution < 1.29 is 65.8 Å². The van der Waals surface area contributed by atoms with Crippen LogP contribution in [0.25, 0.3) is 0 Å². The first kappa shape index (κ1) is 108. The van der Waals surface area contributed by atoms with Gasteiger partial charge in [-0.3, -0.25) is 61.1 Å². The number of hydrogen-bond acceptors (Lipinski definition) is 21. The van der Waals surface area contributed by atoms with Gasteiger partial charge >= 0.3 is 28.4 Å². The SMILES string of the molecule is C.C.C.C.C#CC(O)[C@]1(CC)O[C@@H](n2ccc(=O)[nH]c2=O)[C@H](F)[C@@H]1C.C=C=C[C@]1(CC)O[C@@H](n2ccc(=O)[nH]c2=O)[C@H](F)[C@@H]1C.C=C=C[C@]1(CC)O[C@@H](n2ccc(N)nc2=O)[C@H](F)[C@@H]1C.C=C=C[C@]1(CO)O[C@@H](n2ccc(N)nc2=O)[C@H](F)[C@@H]1O.CC[C@@]1(C=O)O[C@@H](n2ccc(=O)[nH]c2=O)[C@H](F)[C@@H]1C.P[P-]P(P)P(P(P)P)P(P)P. The number of halogens is 5. The molecule has 10 N–H and O–H groups in total. The molecule has 0 aromatic carbocycles. The maximum atomic E-state index is 14.6. The molecule has 0 radical (unpaired) electrons. The molecule has 0 amide bonds. The minimum Gasteiger partial charge on any atom is -0.472 e. The highest BCUT2D eigenvalue weighted by atomic mass is 33.2. The van der Waals surface area contributed by atoms with E-state index in [-0.39, 0.29) is 75.7 Å². The fraction of sp³-hybridized carbons (Fsp3) is 0.543. The molecule has 10 rings (SSSR count). The number of nitrogens with zero attached hydrogens (tertiary/aromatic N) is 7. The number of nitrogen functional groups attached to an aromatic ring is 2. The minimum absolute atomic E-state index is 0. The monoisotopic (exact) mass is 1830 g/mol. The third-order valence-corrected chi connectivity index (χ3v) is 76.7. The Bertz CT molecular complexity index is 4620. The van der Waals surface area contributed by atoms with Crippen molar-refractivity contribution in [3.05, 3.63) is 200 Å². The molecule has 5 fully saturated rings. The third-order valence-electron chi connectivity index (χ3n) is 19.5. The Morgan fingerprint density at radius 1 is 0.548 bits per heavy atom. The van der Waals surface area contributed by atoms with Crippen molar-refractivity contribution in [2.75, 3.05) is 18.1 Å². The van der Waals surface area contributed by atoms with Gasteiger partial charge in [-0.2, -0.15) is 9.97 Å². The normalized spacial score (nSPS) is 30.5. The quantitative estimate of drug-likeness (QED) is 0.0125. The maximum Gasteiger partial charge on any atom is 0.351 e. The second-order valence-corrected chi connectivity index (χ2v) is 63.6. The Hall–Kier alpha value is -4.75. The zero-order valence-electron chi connectivity index (χ0n) is 61.5. The lowest BCUT2D eigenvalue weighted by atomic mass is 9.81. The van der Waals surface area contributed by atoms with Crippen molar-refractivity contribution in [2.24, 2.45) is 23.7 Å². The molecule has 5 saturated heterocycles. The van der Waals surface area contributed by atoms with Crippen LogP contribution in [0.1, 0.15) is 142 Å². The number of ether oxygens (including phenoxy) is 5. The number of aliphatic hydroxyl groups is 3. The molecule has 0 spiro atoms. The van der Waals surface area contributed by atoms with Gasteiger partial charge in [0.05, 0.1) is 6.61 Å². The smallest absolute Gasteiger partial charge is 0.351 e. The Morgan fingerprint density at radius 3 is 1.13 bits per heavy atom. The van der Waals surface area contributed by atoms with E-state index >= 15 is 0 Å². The zero-order chi connectivity index (χ0) is 83.7. The number of alkyl halides is 5. The van der Waals surface area contributed by atoms with Crippen LogP contribution in [-0.2, 0) is 28.5 Å². The van der Waals surface area contributed by atoms with E-state index in [1.165, 1.54) is 51.1 Å². The fourth-order valence-corrected chi connectivity index (χ4v) is 104. The van der Waals surface area contributed by atoms with Crippen LogP contribution < -0.4 is 56.6 Å². The van der Waals surface area contributed by atoms with Crippen molar-refractivity contribution >= 4 is 107 Å². The van der Waals surface area contributed by atoms with Crippen LogP contribution in [0.15, 0.2) is 155 Å². The summed E-state index contributed by atoms with van der Waals surface area (Å²) in [7, 11) is 19.3. The first-order valence-corrected chi connectivity index (χ1v) is 52.5. The van der Waals surface area contributed by atoms with E-state index in [1.807, 2.05) is 23.8 Å². The van der Waals surface area contributed by atoms with Crippen molar-refractivity contribution in [3.8, 4) is 12.3 Å². The number of nitrogens with two attached hydrogens (primary N) is 2. The van der Waals surface area contributed by atoms with Crippen molar-refractivity contribution in [1.82, 2.24) is 47.8 Å². The summed E-state index contributed by atoms with van der Waals surface area (Å²) in [6, 6.07) is 6.11. The van der Waals surface area contributed by atoms with Crippen molar-refractivity contribution in [3.63, 3.8) is 0 Å². The number of aromatic amines is 3. The molecule has 45 heteroatoms. The Morgan fingerprint density at radius 2 is 0.852 bits per heavy atom. The van der Waals surface area contributed by atoms with Crippen molar-refractivity contribution in [2.45, 2.75) is 213 Å². The maximum absolute atomic E-state index is 14.6. The molecular formula is C70H109F5N12O17P11-. The highest BCUT2D eigenvalue weighted by Gasteiger charge is 2.59. The van der Waals surface area contributed by atoms with Crippen LogP contribution in [0.5, 0.6) is 0 Å². The second-order valence-electron chi connectivity index (χ2n) is 25.5. The summed E-state index contributed by atoms with van der Waals surface area (Å²) in [5, 5.41) is 29.2. The summed E-state index contributed by atoms with van der Waals surface area (Å²) < 4.78 is 105. The molecule has 0 bridgehead atoms. The highest BCUT2D eigenvalue weighted by Crippen LogP contribution is 3.12. The van der Waals surface area contributed by atoms with Crippen LogP contribution in [0.3, 0.4) is 0 Å². The van der Waals surface area contributed by atoms with Crippen LogP contribution in [-0.4, -0.2) is 147 Å². The molecule has 28 atom stereocenters. The number of hydrogen-bond donors (Lipinski definition) is 8. The largest absolute Gasteiger partial charge is 0.472 e. The van der Waals surface area contributed by atoms with Crippen LogP contribution in [0.4, 0.5) is 33.6 Å². The standard InChI is InChI=1S/C14H18FN3O2.C14H17FN2O4.C14H17FN2O3.C12H14FN3O4.C12H15FN2O4.4CH4.H12P11/c1-4-7-14(5-2)9(3)11(15)12(20-14)18-8-6-10(16)17-13(18)19;1-4-9(18)14(5-2)8(3)11(15)12(21-14)17-7-6-10(19)16-13(17)20;1-4-7-14(5-2)9(3)11(15)12(20-14)17-8-6-10(18)16-13(17)19;1-2-4-12(6-17)9(18)8(13)10(20-12)16-5-3-7(14)15-11(16)19;1-3-12(6-16)7(2)9(13)10(19-12)15-5-4-8(17)14-11(15)18;;;;;1-7-10(6)11(8(2)3)9(4)5/h6-9,11-12H,1,5H2,2-3H3,(H2,16,17,19);1,6-9,11-12,18H,5H2,2-3H3,(H,16,19,20);6-9,11-12H,1,5H2,2-3H3,(H,16,18,19);3-5,8-10,17-18H,1,6H2,(H2,14,15,19);4-7,9-10H,3H2,1-2H3,(H,14,17,18);4*1H4;1-6H2/q;;;;;;;;;-1/t9-,11+,12+,14-;8-,9?,11+,12+,14+;9-,11+,12+,14-;8-,9+,10-,12-;7-,9+,10+,12-;;;;;/m00010...../s1. The number of rotatable bonds is 19. The van der Waals surface area contributed by atoms with E-state index in [2.05, 4.69) is 111 Å². The van der Waals surface area contributed by atoms with E-state index in [1.54, 1.807) is 53.7 Å². The van der Waals surface area contributed by atoms with Gasteiger partial charge in [0.2, 0.25) is 0 Å². The van der Waals surface area contributed by atoms with Gasteiger partial charge in [-0.25, -0.2) is 52.9 Å². The van der Waals surface area contributed by atoms with E-state index < -0.39 is 178 Å². The Labute approximate surface area is 684 Å². The first-order chi connectivity index (χ1) is 52.2. The number of aromatic nitrogens is 10. The van der Waals surface area contributed by atoms with Gasteiger partial charge in [-0.05, 0) is 77.0 Å². The molecule has 115 heavy (non-hydrogen) atoms. The Kier molecular flexibility index (Phi) is 44.7. The lowest BCUT2D eigenvalue weighted by molar-refractivity contribution is -0.139. The number of carbonyl (C=O) groups is 1. The molecule has 8 unspecified atom stereocenters. The van der Waals surface area contributed by atoms with Gasteiger partial charge in [0.15, 0.2) is 68.3 Å². The molecule has 5 aliphatic heterocycles. The number of aliphatic hydroxyl groups excluding tert-OH is 3. The molecule has 5 aromatic rings. The molecular weight excluding hydrogens is 1720 g/mol. The molecule has 642 valence electrons. The summed E-state index contributed by atoms with van der Waals surface area (Å²) in [6.07, 6.45) is 1.43. The van der Waals surface area contributed by atoms with Crippen LogP contribution >= 0.6 is 89.5 Å². The lowest BCUT2D eigenvalue weighted by Crippen LogP contribution is -2.46. The number of carbonyl (C=O) groups excluding carboxylic acids is 1. The number of aldehydes is 1. The second kappa shape index (κ2) is 47.5. The average Bonchev–Trinajstić information content (AvgIpc) is 1.61. The van der Waals surface area contributed by atoms with Gasteiger partial charge < -0.3 is 63.2 Å². The van der Waals surface area contributed by atoms with Gasteiger partial charge in [0.25, 0.3) is 16.7 Å². The summed E-state index contributed by atoms with van der Waals surface area (Å²) in [4.78, 5) is 116. The molecule has 29 nitrogen and oxygen atoms in total. The van der Waals surface area contributed by atoms with Crippen LogP contribution in [0.2, 0.25) is 0 Å². The minimum atomic E-state index is -1.94. The molecule has 5 aromatic heterocycles. The van der Waals surface area contributed by atoms with Gasteiger partial charge in [0, 0.05) is 72.9 Å². The van der Waals surface area contributed by atoms with Gasteiger partial charge in [0.1, 0.15) is 51.8 Å². The fourth-order valence-electron chi connectivity index (χ4n) is 12.8. The van der Waals surface area contributed by atoms with E-state index in [9.17, 15) is 80.4 Å². The zero-order valence-corrected chi connectivity index (χ0v) is 72.9. The van der Waals surface area contributed by atoms with Gasteiger partial charge in [-0.15, -0.1) is 68.3 Å². The summed E-state index contributed by atoms with van der Waals surface area (Å²) >= 11 is 0. The van der Waals surface area contributed by atoms with Crippen molar-refractivity contribution in [1.29, 1.82) is 0 Å². The number of nitrogens with one attached hydrogen (secondary N) is 3. The average molecular weight is 1830 g/mol. The van der Waals surface area contributed by atoms with E-state index in [4.69, 9.17) is 41.6 Å². The lowest BCUT2D eigenvalue weighted by Gasteiger charge is -2.38. The number of terminal acetylenes is 1. The molecule has 0 saturated carbocycles. The molecule has 10 heterocycles. The molecule has 0 aliphatic carbocycles. The third kappa shape index (κ3) is 24.3. The number of anilines is 2. The van der Waals surface area contributed by atoms with E-state index in [0.717, 1.165) is 47.1 Å². The predicted molar refractivity (Wildman–Crippen MR) is 471 cm³/mol. The van der Waals surface area contributed by atoms with Gasteiger partial charge in [-0.1, -0.05) is 111 Å². The molecule has 5 aliphatic rings. The summed E-state index contributed by atoms with van der Waals surface area (Å²) in [5.41, 5.74) is 7.20. The number of H-pyrrole nitrogens is 3. The highest BCUT2D eigenvalue weighted by molar-refractivity contribution is 9.18. The summed E-state index contributed by atoms with van der Waals surface area (Å²) in [5.74, 6) is -0.00445. The topological polar surface area (TPSA) is 410 Å². The first-order valence-electron chi connectivity index (χ1n) is 33.8. The Balaban J connectivity index is 0.000000691. The van der Waals surface area contributed by atoms with Crippen LogP contribution in [0, 0.1) is 36.0 Å².